The molecule has 0 saturated carbocycles. The van der Waals surface area contributed by atoms with Crippen molar-refractivity contribution in [3.8, 4) is 5.75 Å². The van der Waals surface area contributed by atoms with Crippen LogP contribution in [0.25, 0.3) is 0 Å². The summed E-state index contributed by atoms with van der Waals surface area (Å²) in [6.45, 7) is 21.9. The Balaban J connectivity index is 3.54. The summed E-state index contributed by atoms with van der Waals surface area (Å²) >= 11 is 0. The second-order valence-electron chi connectivity index (χ2n) is 10.2. The molecule has 0 heterocycles. The van der Waals surface area contributed by atoms with E-state index in [1.807, 2.05) is 20.1 Å². The van der Waals surface area contributed by atoms with Crippen LogP contribution in [0.2, 0.25) is 0 Å². The predicted octanol–water partition coefficient (Wildman–Crippen LogP) is 6.23. The topological polar surface area (TPSA) is 32.6 Å². The number of hydrogen-bond donors (Lipinski definition) is 1. The number of aliphatic imine (C=N–C) groups is 1. The van der Waals surface area contributed by atoms with E-state index in [0.29, 0.717) is 5.75 Å². The third kappa shape index (κ3) is 5.65. The van der Waals surface area contributed by atoms with Crippen molar-refractivity contribution in [3.05, 3.63) is 28.8 Å². The van der Waals surface area contributed by atoms with E-state index in [1.165, 1.54) is 5.56 Å². The van der Waals surface area contributed by atoms with Crippen LogP contribution in [0, 0.1) is 5.41 Å². The van der Waals surface area contributed by atoms with E-state index in [-0.39, 0.29) is 22.3 Å². The maximum Gasteiger partial charge on any atom is 0.128 e. The SMILES string of the molecule is CC(C)N=Cc1cc(C(C)(C)CC(C)(C)C)cc(C(C)(C)C)c1O. The molecule has 136 valence electrons. The zero-order valence-electron chi connectivity index (χ0n) is 17.4. The monoisotopic (exact) mass is 331 g/mol. The quantitative estimate of drug-likeness (QED) is 0.652. The standard InChI is InChI=1S/C22H37NO/c1-15(2)23-13-16-11-17(22(9,10)14-20(3,4)5)12-18(19(16)24)21(6,7)8/h11-13,15,24H,14H2,1-10H3. The summed E-state index contributed by atoms with van der Waals surface area (Å²) in [5.41, 5.74) is 3.26. The molecule has 2 nitrogen and oxygen atoms in total. The van der Waals surface area contributed by atoms with Gasteiger partial charge in [-0.25, -0.2) is 0 Å². The van der Waals surface area contributed by atoms with Crippen LogP contribution in [-0.4, -0.2) is 17.4 Å². The van der Waals surface area contributed by atoms with Crippen molar-refractivity contribution in [3.63, 3.8) is 0 Å². The van der Waals surface area contributed by atoms with Gasteiger partial charge in [0.1, 0.15) is 5.75 Å². The van der Waals surface area contributed by atoms with Crippen LogP contribution in [0.4, 0.5) is 0 Å². The van der Waals surface area contributed by atoms with Gasteiger partial charge in [0.2, 0.25) is 0 Å². The van der Waals surface area contributed by atoms with Crippen LogP contribution in [0.15, 0.2) is 17.1 Å². The molecule has 0 spiro atoms. The first-order valence-corrected chi connectivity index (χ1v) is 9.05. The van der Waals surface area contributed by atoms with Crippen LogP contribution >= 0.6 is 0 Å². The molecule has 1 N–H and O–H groups in total. The molecule has 0 aromatic heterocycles. The lowest BCUT2D eigenvalue weighted by Crippen LogP contribution is -2.26. The summed E-state index contributed by atoms with van der Waals surface area (Å²) in [5, 5.41) is 10.8. The molecule has 1 aromatic rings. The fourth-order valence-electron chi connectivity index (χ4n) is 3.38. The first kappa shape index (κ1) is 20.7. The van der Waals surface area contributed by atoms with E-state index >= 15 is 0 Å². The van der Waals surface area contributed by atoms with Crippen molar-refractivity contribution in [1.29, 1.82) is 0 Å². The van der Waals surface area contributed by atoms with E-state index in [9.17, 15) is 5.11 Å². The van der Waals surface area contributed by atoms with Gasteiger partial charge in [0.25, 0.3) is 0 Å². The number of benzene rings is 1. The summed E-state index contributed by atoms with van der Waals surface area (Å²) in [4.78, 5) is 4.49. The van der Waals surface area contributed by atoms with E-state index in [0.717, 1.165) is 17.5 Å². The highest BCUT2D eigenvalue weighted by Gasteiger charge is 2.30. The van der Waals surface area contributed by atoms with Crippen molar-refractivity contribution in [2.45, 2.75) is 92.5 Å². The molecular weight excluding hydrogens is 294 g/mol. The van der Waals surface area contributed by atoms with Gasteiger partial charge in [-0.3, -0.25) is 4.99 Å². The molecule has 0 fully saturated rings. The normalized spacial score (nSPS) is 14.0. The fraction of sp³-hybridized carbons (Fsp3) is 0.682. The molecule has 0 radical (unpaired) electrons. The van der Waals surface area contributed by atoms with Gasteiger partial charge in [0.05, 0.1) is 0 Å². The Morgan fingerprint density at radius 1 is 1.00 bits per heavy atom. The van der Waals surface area contributed by atoms with Gasteiger partial charge in [0.15, 0.2) is 0 Å². The van der Waals surface area contributed by atoms with Crippen LogP contribution in [0.5, 0.6) is 5.75 Å². The molecule has 1 aromatic carbocycles. The van der Waals surface area contributed by atoms with Crippen molar-refractivity contribution < 1.29 is 5.11 Å². The summed E-state index contributed by atoms with van der Waals surface area (Å²) in [5.74, 6) is 0.363. The lowest BCUT2D eigenvalue weighted by molar-refractivity contribution is 0.283. The molecule has 0 unspecified atom stereocenters. The molecule has 0 aliphatic rings. The lowest BCUT2D eigenvalue weighted by Gasteiger charge is -2.34. The molecule has 0 atom stereocenters. The lowest BCUT2D eigenvalue weighted by atomic mass is 9.70. The van der Waals surface area contributed by atoms with E-state index < -0.39 is 0 Å². The molecule has 0 amide bonds. The minimum atomic E-state index is -0.113. The van der Waals surface area contributed by atoms with E-state index in [1.54, 1.807) is 0 Å². The molecule has 24 heavy (non-hydrogen) atoms. The summed E-state index contributed by atoms with van der Waals surface area (Å²) in [6, 6.07) is 4.52. The molecule has 1 rings (SSSR count). The zero-order chi connectivity index (χ0) is 18.9. The maximum atomic E-state index is 10.8. The minimum Gasteiger partial charge on any atom is -0.507 e. The van der Waals surface area contributed by atoms with Gasteiger partial charge in [-0.2, -0.15) is 0 Å². The molecular formula is C22H37NO. The smallest absolute Gasteiger partial charge is 0.128 e. The second-order valence-corrected chi connectivity index (χ2v) is 10.2. The summed E-state index contributed by atoms with van der Waals surface area (Å²) < 4.78 is 0. The van der Waals surface area contributed by atoms with Gasteiger partial charge in [0, 0.05) is 23.4 Å². The second kappa shape index (κ2) is 6.90. The highest BCUT2D eigenvalue weighted by Crippen LogP contribution is 2.41. The Hall–Kier alpha value is -1.31. The number of rotatable bonds is 4. The van der Waals surface area contributed by atoms with E-state index in [2.05, 4.69) is 72.5 Å². The van der Waals surface area contributed by atoms with Crippen LogP contribution in [0.1, 0.15) is 92.3 Å². The Morgan fingerprint density at radius 3 is 1.96 bits per heavy atom. The number of phenols is 1. The van der Waals surface area contributed by atoms with Crippen molar-refractivity contribution in [1.82, 2.24) is 0 Å². The van der Waals surface area contributed by atoms with Crippen molar-refractivity contribution >= 4 is 6.21 Å². The molecule has 0 aliphatic heterocycles. The average Bonchev–Trinajstić information content (AvgIpc) is 2.32. The predicted molar refractivity (Wildman–Crippen MR) is 107 cm³/mol. The van der Waals surface area contributed by atoms with Gasteiger partial charge in [-0.1, -0.05) is 61.5 Å². The number of phenolic OH excluding ortho intramolecular Hbond substituents is 1. The van der Waals surface area contributed by atoms with E-state index in [4.69, 9.17) is 0 Å². The maximum absolute atomic E-state index is 10.8. The Kier molecular flexibility index (Phi) is 5.96. The number of aromatic hydroxyl groups is 1. The highest BCUT2D eigenvalue weighted by atomic mass is 16.3. The summed E-state index contributed by atoms with van der Waals surface area (Å²) in [7, 11) is 0. The Bertz CT molecular complexity index is 596. The first-order valence-electron chi connectivity index (χ1n) is 9.05. The largest absolute Gasteiger partial charge is 0.507 e. The molecule has 0 bridgehead atoms. The van der Waals surface area contributed by atoms with Gasteiger partial charge in [-0.15, -0.1) is 0 Å². The fourth-order valence-corrected chi connectivity index (χ4v) is 3.38. The van der Waals surface area contributed by atoms with Crippen LogP contribution in [-0.2, 0) is 10.8 Å². The van der Waals surface area contributed by atoms with Crippen LogP contribution < -0.4 is 0 Å². The first-order chi connectivity index (χ1) is 10.6. The molecule has 0 aliphatic carbocycles. The van der Waals surface area contributed by atoms with Gasteiger partial charge < -0.3 is 5.11 Å². The zero-order valence-corrected chi connectivity index (χ0v) is 17.4. The van der Waals surface area contributed by atoms with Gasteiger partial charge in [-0.05, 0) is 48.1 Å². The average molecular weight is 332 g/mol. The number of hydrogen-bond acceptors (Lipinski definition) is 2. The van der Waals surface area contributed by atoms with Crippen molar-refractivity contribution in [2.24, 2.45) is 10.4 Å². The Morgan fingerprint density at radius 2 is 1.54 bits per heavy atom. The number of nitrogens with zero attached hydrogens (tertiary/aromatic N) is 1. The minimum absolute atomic E-state index is 0.0341. The van der Waals surface area contributed by atoms with Crippen LogP contribution in [0.3, 0.4) is 0 Å². The third-order valence-corrected chi connectivity index (χ3v) is 4.21. The Labute approximate surface area is 149 Å². The molecule has 0 saturated heterocycles. The highest BCUT2D eigenvalue weighted by molar-refractivity contribution is 5.85. The van der Waals surface area contributed by atoms with Crippen molar-refractivity contribution in [2.75, 3.05) is 0 Å². The third-order valence-electron chi connectivity index (χ3n) is 4.21. The van der Waals surface area contributed by atoms with Gasteiger partial charge >= 0.3 is 0 Å². The summed E-state index contributed by atoms with van der Waals surface area (Å²) in [6.07, 6.45) is 2.90. The molecule has 2 heteroatoms.